The predicted molar refractivity (Wildman–Crippen MR) is 84.9 cm³/mol. The van der Waals surface area contributed by atoms with Gasteiger partial charge in [0.25, 0.3) is 5.56 Å². The van der Waals surface area contributed by atoms with Gasteiger partial charge in [-0.1, -0.05) is 12.1 Å². The fourth-order valence-electron chi connectivity index (χ4n) is 2.29. The molecule has 4 aromatic rings. The van der Waals surface area contributed by atoms with Crippen molar-refractivity contribution in [1.29, 1.82) is 0 Å². The first-order chi connectivity index (χ1) is 10.8. The minimum Gasteiger partial charge on any atom is -0.472 e. The van der Waals surface area contributed by atoms with E-state index < -0.39 is 0 Å². The third-order valence-corrected chi connectivity index (χ3v) is 4.32. The van der Waals surface area contributed by atoms with E-state index in [1.807, 2.05) is 29.6 Å². The first-order valence-corrected chi connectivity index (χ1v) is 7.60. The average molecular weight is 309 g/mol. The van der Waals surface area contributed by atoms with Crippen molar-refractivity contribution >= 4 is 22.2 Å². The summed E-state index contributed by atoms with van der Waals surface area (Å²) >= 11 is 1.53. The molecule has 0 atom stereocenters. The van der Waals surface area contributed by atoms with Crippen molar-refractivity contribution < 1.29 is 4.42 Å². The number of hydrogen-bond acceptors (Lipinski definition) is 5. The summed E-state index contributed by atoms with van der Waals surface area (Å²) in [6.45, 7) is 0.408. The van der Waals surface area contributed by atoms with E-state index in [9.17, 15) is 4.79 Å². The molecule has 0 aliphatic rings. The predicted octanol–water partition coefficient (Wildman–Crippen LogP) is 3.16. The van der Waals surface area contributed by atoms with Crippen molar-refractivity contribution in [2.24, 2.45) is 0 Å². The largest absolute Gasteiger partial charge is 0.472 e. The van der Waals surface area contributed by atoms with Gasteiger partial charge in [-0.25, -0.2) is 9.97 Å². The molecule has 108 valence electrons. The van der Waals surface area contributed by atoms with Crippen LogP contribution in [0.2, 0.25) is 0 Å². The zero-order valence-corrected chi connectivity index (χ0v) is 12.3. The molecule has 4 rings (SSSR count). The van der Waals surface area contributed by atoms with Gasteiger partial charge in [0.05, 0.1) is 35.7 Å². The summed E-state index contributed by atoms with van der Waals surface area (Å²) in [5, 5.41) is 3.45. The Balaban J connectivity index is 1.69. The molecule has 1 aromatic carbocycles. The van der Waals surface area contributed by atoms with Gasteiger partial charge in [0, 0.05) is 10.9 Å². The fourth-order valence-corrected chi connectivity index (χ4v) is 3.09. The van der Waals surface area contributed by atoms with Crippen LogP contribution in [-0.4, -0.2) is 14.5 Å². The Morgan fingerprint density at radius 1 is 1.23 bits per heavy atom. The van der Waals surface area contributed by atoms with Crippen LogP contribution in [0.1, 0.15) is 5.69 Å². The number of hydrogen-bond donors (Lipinski definition) is 0. The van der Waals surface area contributed by atoms with Gasteiger partial charge in [-0.2, -0.15) is 0 Å². The molecule has 0 amide bonds. The number of thiazole rings is 1. The third kappa shape index (κ3) is 2.23. The van der Waals surface area contributed by atoms with Gasteiger partial charge in [0.2, 0.25) is 0 Å². The third-order valence-electron chi connectivity index (χ3n) is 3.38. The number of furan rings is 1. The maximum absolute atomic E-state index is 12.5. The van der Waals surface area contributed by atoms with E-state index in [0.717, 1.165) is 16.3 Å². The quantitative estimate of drug-likeness (QED) is 0.583. The Hall–Kier alpha value is -2.73. The van der Waals surface area contributed by atoms with Gasteiger partial charge >= 0.3 is 0 Å². The van der Waals surface area contributed by atoms with Crippen LogP contribution < -0.4 is 5.56 Å². The van der Waals surface area contributed by atoms with Crippen molar-refractivity contribution in [1.82, 2.24) is 14.5 Å². The fraction of sp³-hybridized carbons (Fsp3) is 0.0625. The minimum absolute atomic E-state index is 0.0524. The lowest BCUT2D eigenvalue weighted by Gasteiger charge is -2.04. The molecule has 0 radical (unpaired) electrons. The van der Waals surface area contributed by atoms with Crippen LogP contribution in [0.3, 0.4) is 0 Å². The summed E-state index contributed by atoms with van der Waals surface area (Å²) in [7, 11) is 0. The molecule has 22 heavy (non-hydrogen) atoms. The normalized spacial score (nSPS) is 11.1. The lowest BCUT2D eigenvalue weighted by atomic mass is 10.2. The average Bonchev–Trinajstić information content (AvgIpc) is 3.21. The molecule has 0 unspecified atom stereocenters. The molecule has 6 heteroatoms. The zero-order chi connectivity index (χ0) is 14.9. The first-order valence-electron chi connectivity index (χ1n) is 6.72. The lowest BCUT2D eigenvalue weighted by Crippen LogP contribution is -2.21. The van der Waals surface area contributed by atoms with E-state index in [2.05, 4.69) is 9.97 Å². The van der Waals surface area contributed by atoms with Crippen LogP contribution in [0.4, 0.5) is 0 Å². The number of nitrogens with zero attached hydrogens (tertiary/aromatic N) is 3. The maximum Gasteiger partial charge on any atom is 0.261 e. The summed E-state index contributed by atoms with van der Waals surface area (Å²) in [4.78, 5) is 21.3. The highest BCUT2D eigenvalue weighted by Crippen LogP contribution is 2.24. The molecule has 0 N–H and O–H groups in total. The Morgan fingerprint density at radius 2 is 2.14 bits per heavy atom. The number of para-hydroxylation sites is 1. The molecular formula is C16H11N3O2S. The summed E-state index contributed by atoms with van der Waals surface area (Å²) in [5.74, 6) is 0. The van der Waals surface area contributed by atoms with Crippen molar-refractivity contribution in [2.75, 3.05) is 0 Å². The second-order valence-electron chi connectivity index (χ2n) is 4.85. The van der Waals surface area contributed by atoms with Crippen molar-refractivity contribution in [3.63, 3.8) is 0 Å². The topological polar surface area (TPSA) is 60.9 Å². The molecule has 0 saturated carbocycles. The minimum atomic E-state index is -0.0524. The van der Waals surface area contributed by atoms with Crippen LogP contribution >= 0.6 is 11.3 Å². The van der Waals surface area contributed by atoms with Gasteiger partial charge < -0.3 is 4.42 Å². The monoisotopic (exact) mass is 309 g/mol. The molecule has 0 saturated heterocycles. The highest BCUT2D eigenvalue weighted by molar-refractivity contribution is 7.13. The number of rotatable bonds is 3. The smallest absolute Gasteiger partial charge is 0.261 e. The molecule has 0 aliphatic heterocycles. The van der Waals surface area contributed by atoms with Gasteiger partial charge in [0.1, 0.15) is 11.3 Å². The van der Waals surface area contributed by atoms with Crippen LogP contribution in [0.15, 0.2) is 63.8 Å². The summed E-state index contributed by atoms with van der Waals surface area (Å²) in [6.07, 6.45) is 4.85. The van der Waals surface area contributed by atoms with Gasteiger partial charge in [0.15, 0.2) is 0 Å². The highest BCUT2D eigenvalue weighted by atomic mass is 32.1. The molecule has 0 bridgehead atoms. The molecular weight excluding hydrogens is 298 g/mol. The van der Waals surface area contributed by atoms with Crippen molar-refractivity contribution in [2.45, 2.75) is 6.54 Å². The summed E-state index contributed by atoms with van der Waals surface area (Å²) in [6, 6.07) is 9.21. The Kier molecular flexibility index (Phi) is 3.08. The van der Waals surface area contributed by atoms with E-state index >= 15 is 0 Å². The molecule has 0 spiro atoms. The van der Waals surface area contributed by atoms with Gasteiger partial charge in [-0.3, -0.25) is 9.36 Å². The first kappa shape index (κ1) is 13.0. The second kappa shape index (κ2) is 5.23. The maximum atomic E-state index is 12.5. The molecule has 5 nitrogen and oxygen atoms in total. The van der Waals surface area contributed by atoms with Crippen LogP contribution in [0.25, 0.3) is 21.5 Å². The standard InChI is InChI=1S/C16H11N3O2S/c20-16-13-3-1-2-4-14(13)17-10-19(16)7-12-9-22-15(18-12)11-5-6-21-8-11/h1-6,8-10H,7H2. The van der Waals surface area contributed by atoms with Gasteiger partial charge in [-0.05, 0) is 18.2 Å². The van der Waals surface area contributed by atoms with E-state index in [-0.39, 0.29) is 5.56 Å². The van der Waals surface area contributed by atoms with E-state index in [1.54, 1.807) is 29.5 Å². The molecule has 0 aliphatic carbocycles. The van der Waals surface area contributed by atoms with E-state index in [4.69, 9.17) is 4.42 Å². The highest BCUT2D eigenvalue weighted by Gasteiger charge is 2.08. The Labute approximate surface area is 129 Å². The van der Waals surface area contributed by atoms with E-state index in [1.165, 1.54) is 11.3 Å². The molecule has 0 fully saturated rings. The second-order valence-corrected chi connectivity index (χ2v) is 5.71. The Morgan fingerprint density at radius 3 is 3.00 bits per heavy atom. The number of fused-ring (bicyclic) bond motifs is 1. The van der Waals surface area contributed by atoms with Crippen molar-refractivity contribution in [3.8, 4) is 10.6 Å². The van der Waals surface area contributed by atoms with E-state index in [0.29, 0.717) is 17.4 Å². The SMILES string of the molecule is O=c1c2ccccc2ncn1Cc1csc(-c2ccoc2)n1. The summed E-state index contributed by atoms with van der Waals surface area (Å²) in [5.41, 5.74) is 2.44. The zero-order valence-electron chi connectivity index (χ0n) is 11.5. The van der Waals surface area contributed by atoms with Crippen molar-refractivity contribution in [3.05, 3.63) is 70.6 Å². The lowest BCUT2D eigenvalue weighted by molar-refractivity contribution is 0.568. The molecule has 3 aromatic heterocycles. The Bertz CT molecular complexity index is 986. The number of aromatic nitrogens is 3. The van der Waals surface area contributed by atoms with Gasteiger partial charge in [-0.15, -0.1) is 11.3 Å². The van der Waals surface area contributed by atoms with Crippen LogP contribution in [0, 0.1) is 0 Å². The van der Waals surface area contributed by atoms with Crippen LogP contribution in [0.5, 0.6) is 0 Å². The number of benzene rings is 1. The van der Waals surface area contributed by atoms with Crippen LogP contribution in [-0.2, 0) is 6.54 Å². The molecule has 3 heterocycles. The summed E-state index contributed by atoms with van der Waals surface area (Å²) < 4.78 is 6.65.